The quantitative estimate of drug-likeness (QED) is 0.748. The van der Waals surface area contributed by atoms with Gasteiger partial charge in [0, 0.05) is 37.3 Å². The van der Waals surface area contributed by atoms with Gasteiger partial charge in [-0.2, -0.15) is 0 Å². The van der Waals surface area contributed by atoms with Crippen LogP contribution in [0.5, 0.6) is 11.5 Å². The summed E-state index contributed by atoms with van der Waals surface area (Å²) in [6.45, 7) is 2.19. The fourth-order valence-corrected chi connectivity index (χ4v) is 3.71. The molecular weight excluding hydrogens is 393 g/mol. The second kappa shape index (κ2) is 8.65. The molecule has 0 spiro atoms. The topological polar surface area (TPSA) is 62.8 Å². The number of hydrogen-bond donors (Lipinski definition) is 2. The van der Waals surface area contributed by atoms with Crippen LogP contribution < -0.4 is 20.1 Å². The lowest BCUT2D eigenvalue weighted by Crippen LogP contribution is -2.45. The molecular formula is C21H22FN3O3S. The average molecular weight is 415 g/mol. The zero-order valence-electron chi connectivity index (χ0n) is 15.8. The summed E-state index contributed by atoms with van der Waals surface area (Å²) in [5.41, 5.74) is 1.67. The maximum absolute atomic E-state index is 13.0. The number of carbonyl (C=O) groups is 1. The zero-order valence-corrected chi connectivity index (χ0v) is 16.6. The fraction of sp³-hybridized carbons (Fsp3) is 0.333. The minimum absolute atomic E-state index is 0.00806. The summed E-state index contributed by atoms with van der Waals surface area (Å²) in [5.74, 6) is 1.04. The van der Waals surface area contributed by atoms with E-state index in [1.807, 2.05) is 6.07 Å². The van der Waals surface area contributed by atoms with Gasteiger partial charge in [-0.15, -0.1) is 0 Å². The highest BCUT2D eigenvalue weighted by molar-refractivity contribution is 7.80. The number of benzene rings is 2. The molecule has 1 fully saturated rings. The number of amides is 1. The van der Waals surface area contributed by atoms with Gasteiger partial charge in [0.2, 0.25) is 12.7 Å². The van der Waals surface area contributed by atoms with Crippen LogP contribution in [-0.4, -0.2) is 35.8 Å². The van der Waals surface area contributed by atoms with Crippen molar-refractivity contribution < 1.29 is 18.7 Å². The van der Waals surface area contributed by atoms with Crippen molar-refractivity contribution in [1.29, 1.82) is 0 Å². The number of nitrogens with one attached hydrogen (secondary N) is 2. The van der Waals surface area contributed by atoms with Gasteiger partial charge >= 0.3 is 0 Å². The Balaban J connectivity index is 1.23. The van der Waals surface area contributed by atoms with E-state index >= 15 is 0 Å². The van der Waals surface area contributed by atoms with Gasteiger partial charge in [-0.3, -0.25) is 4.79 Å². The van der Waals surface area contributed by atoms with Crippen molar-refractivity contribution in [1.82, 2.24) is 10.2 Å². The largest absolute Gasteiger partial charge is 0.454 e. The number of carbonyl (C=O) groups excluding carboxylic acids is 1. The molecule has 6 nitrogen and oxygen atoms in total. The Morgan fingerprint density at radius 3 is 2.59 bits per heavy atom. The third-order valence-electron chi connectivity index (χ3n) is 5.15. The Kier molecular flexibility index (Phi) is 5.80. The Hall–Kier alpha value is -2.87. The predicted octanol–water partition coefficient (Wildman–Crippen LogP) is 3.28. The molecule has 2 heterocycles. The highest BCUT2D eigenvalue weighted by atomic mass is 32.1. The third kappa shape index (κ3) is 4.76. The first kappa shape index (κ1) is 19.4. The number of likely N-dealkylation sites (tertiary alicyclic amines) is 1. The summed E-state index contributed by atoms with van der Waals surface area (Å²) in [6, 6.07) is 11.7. The van der Waals surface area contributed by atoms with Gasteiger partial charge in [0.15, 0.2) is 16.6 Å². The van der Waals surface area contributed by atoms with E-state index in [2.05, 4.69) is 15.5 Å². The molecule has 2 aromatic rings. The number of halogens is 1. The Bertz CT molecular complexity index is 899. The molecule has 0 saturated carbocycles. The Morgan fingerprint density at radius 1 is 1.10 bits per heavy atom. The Labute approximate surface area is 174 Å². The molecule has 8 heteroatoms. The van der Waals surface area contributed by atoms with Crippen LogP contribution in [0.3, 0.4) is 0 Å². The number of fused-ring (bicyclic) bond motifs is 1. The molecule has 152 valence electrons. The van der Waals surface area contributed by atoms with Crippen molar-refractivity contribution in [2.45, 2.75) is 19.4 Å². The van der Waals surface area contributed by atoms with E-state index in [1.54, 1.807) is 24.3 Å². The predicted molar refractivity (Wildman–Crippen MR) is 111 cm³/mol. The van der Waals surface area contributed by atoms with E-state index in [0.29, 0.717) is 41.9 Å². The molecule has 1 saturated heterocycles. The van der Waals surface area contributed by atoms with E-state index in [9.17, 15) is 9.18 Å². The van der Waals surface area contributed by atoms with Gasteiger partial charge in [-0.05, 0) is 54.9 Å². The van der Waals surface area contributed by atoms with Gasteiger partial charge in [-0.1, -0.05) is 12.1 Å². The van der Waals surface area contributed by atoms with Crippen molar-refractivity contribution in [3.05, 3.63) is 53.8 Å². The molecule has 0 atom stereocenters. The van der Waals surface area contributed by atoms with Crippen molar-refractivity contribution >= 4 is 28.9 Å². The van der Waals surface area contributed by atoms with Crippen molar-refractivity contribution in [2.24, 2.45) is 5.92 Å². The van der Waals surface area contributed by atoms with Crippen molar-refractivity contribution in [2.75, 3.05) is 25.2 Å². The Morgan fingerprint density at radius 2 is 1.83 bits per heavy atom. The SMILES string of the molecule is O=C(Nc1ccc2c(c1)OCO2)C1CCN(C(=S)NCc2ccc(F)cc2)CC1. The van der Waals surface area contributed by atoms with Gasteiger partial charge in [0.1, 0.15) is 5.82 Å². The normalized spacial score (nSPS) is 15.8. The molecule has 0 aliphatic carbocycles. The number of nitrogens with zero attached hydrogens (tertiary/aromatic N) is 1. The summed E-state index contributed by atoms with van der Waals surface area (Å²) < 4.78 is 23.6. The molecule has 0 bridgehead atoms. The maximum Gasteiger partial charge on any atom is 0.231 e. The summed E-state index contributed by atoms with van der Waals surface area (Å²) >= 11 is 5.47. The molecule has 2 aliphatic rings. The first-order valence-electron chi connectivity index (χ1n) is 9.56. The number of rotatable bonds is 4. The lowest BCUT2D eigenvalue weighted by atomic mass is 9.96. The number of hydrogen-bond acceptors (Lipinski definition) is 4. The van der Waals surface area contributed by atoms with E-state index in [1.165, 1.54) is 12.1 Å². The van der Waals surface area contributed by atoms with E-state index in [0.717, 1.165) is 18.4 Å². The lowest BCUT2D eigenvalue weighted by Gasteiger charge is -2.33. The molecule has 1 amide bonds. The van der Waals surface area contributed by atoms with Crippen LogP contribution in [0.25, 0.3) is 0 Å². The second-order valence-corrected chi connectivity index (χ2v) is 7.49. The van der Waals surface area contributed by atoms with Crippen LogP contribution in [0.2, 0.25) is 0 Å². The van der Waals surface area contributed by atoms with Gasteiger partial charge in [-0.25, -0.2) is 4.39 Å². The maximum atomic E-state index is 13.0. The van der Waals surface area contributed by atoms with Crippen LogP contribution in [-0.2, 0) is 11.3 Å². The van der Waals surface area contributed by atoms with Gasteiger partial charge < -0.3 is 25.0 Å². The molecule has 0 radical (unpaired) electrons. The molecule has 0 aromatic heterocycles. The van der Waals surface area contributed by atoms with E-state index in [4.69, 9.17) is 21.7 Å². The zero-order chi connectivity index (χ0) is 20.2. The van der Waals surface area contributed by atoms with Crippen LogP contribution in [0.15, 0.2) is 42.5 Å². The van der Waals surface area contributed by atoms with E-state index in [-0.39, 0.29) is 24.4 Å². The lowest BCUT2D eigenvalue weighted by molar-refractivity contribution is -0.120. The van der Waals surface area contributed by atoms with Crippen LogP contribution in [0.1, 0.15) is 18.4 Å². The minimum Gasteiger partial charge on any atom is -0.454 e. The molecule has 2 N–H and O–H groups in total. The first-order valence-corrected chi connectivity index (χ1v) is 9.97. The van der Waals surface area contributed by atoms with Crippen LogP contribution in [0.4, 0.5) is 10.1 Å². The molecule has 0 unspecified atom stereocenters. The van der Waals surface area contributed by atoms with Gasteiger partial charge in [0.05, 0.1) is 0 Å². The van der Waals surface area contributed by atoms with Crippen LogP contribution >= 0.6 is 12.2 Å². The molecule has 29 heavy (non-hydrogen) atoms. The smallest absolute Gasteiger partial charge is 0.231 e. The second-order valence-electron chi connectivity index (χ2n) is 7.10. The van der Waals surface area contributed by atoms with E-state index < -0.39 is 0 Å². The minimum atomic E-state index is -0.252. The summed E-state index contributed by atoms with van der Waals surface area (Å²) in [4.78, 5) is 14.7. The number of anilines is 1. The number of thiocarbonyl (C=S) groups is 1. The highest BCUT2D eigenvalue weighted by Crippen LogP contribution is 2.34. The first-order chi connectivity index (χ1) is 14.1. The fourth-order valence-electron chi connectivity index (χ4n) is 3.46. The number of piperidine rings is 1. The molecule has 4 rings (SSSR count). The average Bonchev–Trinajstić information content (AvgIpc) is 3.21. The summed E-state index contributed by atoms with van der Waals surface area (Å²) in [7, 11) is 0. The number of ether oxygens (including phenoxy) is 2. The van der Waals surface area contributed by atoms with Crippen molar-refractivity contribution in [3.8, 4) is 11.5 Å². The standard InChI is InChI=1S/C21H22FN3O3S/c22-16-3-1-14(2-4-16)12-23-21(29)25-9-7-15(8-10-25)20(26)24-17-5-6-18-19(11-17)28-13-27-18/h1-6,11,15H,7-10,12-13H2,(H,23,29)(H,24,26). The third-order valence-corrected chi connectivity index (χ3v) is 5.55. The summed E-state index contributed by atoms with van der Waals surface area (Å²) in [5, 5.41) is 6.83. The molecule has 2 aromatic carbocycles. The van der Waals surface area contributed by atoms with Crippen LogP contribution in [0, 0.1) is 11.7 Å². The summed E-state index contributed by atoms with van der Waals surface area (Å²) in [6.07, 6.45) is 1.46. The van der Waals surface area contributed by atoms with Crippen molar-refractivity contribution in [3.63, 3.8) is 0 Å². The molecule has 2 aliphatic heterocycles. The van der Waals surface area contributed by atoms with Gasteiger partial charge in [0.25, 0.3) is 0 Å². The monoisotopic (exact) mass is 415 g/mol. The highest BCUT2D eigenvalue weighted by Gasteiger charge is 2.26.